The fraction of sp³-hybridized carbons (Fsp3) is 0.259. The largest absolute Gasteiger partial charge is 0.373 e. The molecule has 0 unspecified atom stereocenters. The van der Waals surface area contributed by atoms with Crippen LogP contribution in [-0.4, -0.2) is 27.2 Å². The van der Waals surface area contributed by atoms with Gasteiger partial charge in [0, 0.05) is 21.9 Å². The molecule has 0 N–H and O–H groups in total. The van der Waals surface area contributed by atoms with E-state index < -0.39 is 0 Å². The van der Waals surface area contributed by atoms with Gasteiger partial charge in [-0.15, -0.1) is 22.7 Å². The minimum Gasteiger partial charge on any atom is -0.241 e. The molecule has 2 aromatic heterocycles. The molecule has 4 aromatic rings. The number of nitrogens with zero attached hydrogens (tertiary/aromatic N) is 2. The summed E-state index contributed by atoms with van der Waals surface area (Å²) in [5.41, 5.74) is 4.19. The predicted octanol–water partition coefficient (Wildman–Crippen LogP) is 7.86. The SMILES string of the molecule is CC(C)c1csc(-c2ccc(F)cc2)n1.CCCc1csc(-c2ccc(F)cc2)n1.CI.O=C=O.O=C=O. The third kappa shape index (κ3) is 13.6. The predicted molar refractivity (Wildman–Crippen MR) is 153 cm³/mol. The van der Waals surface area contributed by atoms with Crippen molar-refractivity contribution in [2.45, 2.75) is 39.5 Å². The quantitative estimate of drug-likeness (QED) is 0.158. The van der Waals surface area contributed by atoms with E-state index in [4.69, 9.17) is 19.2 Å². The number of aryl methyl sites for hydroxylation is 1. The third-order valence-corrected chi connectivity index (χ3v) is 6.20. The van der Waals surface area contributed by atoms with Crippen LogP contribution in [0, 0.1) is 11.6 Å². The lowest BCUT2D eigenvalue weighted by molar-refractivity contribution is -0.193. The number of thiazole rings is 2. The summed E-state index contributed by atoms with van der Waals surface area (Å²) < 4.78 is 25.4. The standard InChI is InChI=1S/2C12H12FNS.CH3I.2CO2/c1-8(2)11-7-15-12(14-11)9-3-5-10(13)6-4-9;1-2-3-11-8-15-12(14-11)9-4-6-10(13)7-5-9;1-2;2*2-1-3/h3-8H,1-2H3;4-8H,2-3H2,1H3;1H3;;. The number of hydrogen-bond donors (Lipinski definition) is 0. The van der Waals surface area contributed by atoms with Crippen LogP contribution in [0.25, 0.3) is 21.1 Å². The normalized spacial score (nSPS) is 9.05. The third-order valence-electron chi connectivity index (χ3n) is 4.35. The summed E-state index contributed by atoms with van der Waals surface area (Å²) in [7, 11) is 0. The zero-order valence-corrected chi connectivity index (χ0v) is 25.0. The molecule has 0 radical (unpaired) electrons. The van der Waals surface area contributed by atoms with Gasteiger partial charge in [0.15, 0.2) is 0 Å². The molecule has 2 heterocycles. The first-order valence-electron chi connectivity index (χ1n) is 11.1. The highest BCUT2D eigenvalue weighted by Crippen LogP contribution is 2.27. The van der Waals surface area contributed by atoms with Crippen LogP contribution in [0.4, 0.5) is 8.78 Å². The van der Waals surface area contributed by atoms with Crippen molar-refractivity contribution in [3.8, 4) is 21.1 Å². The molecule has 0 aliphatic rings. The smallest absolute Gasteiger partial charge is 0.241 e. The molecule has 0 amide bonds. The number of halogens is 3. The second-order valence-electron chi connectivity index (χ2n) is 7.31. The molecule has 11 heteroatoms. The van der Waals surface area contributed by atoms with Crippen LogP contribution in [0.5, 0.6) is 0 Å². The van der Waals surface area contributed by atoms with Crippen LogP contribution in [0.2, 0.25) is 0 Å². The van der Waals surface area contributed by atoms with E-state index in [0.29, 0.717) is 5.92 Å². The fourth-order valence-corrected chi connectivity index (χ4v) is 4.53. The molecule has 0 saturated carbocycles. The van der Waals surface area contributed by atoms with Crippen LogP contribution in [-0.2, 0) is 25.6 Å². The Kier molecular flexibility index (Phi) is 19.4. The van der Waals surface area contributed by atoms with E-state index >= 15 is 0 Å². The summed E-state index contributed by atoms with van der Waals surface area (Å²) in [6, 6.07) is 12.9. The Hall–Kier alpha value is -2.95. The van der Waals surface area contributed by atoms with E-state index in [1.54, 1.807) is 46.9 Å². The van der Waals surface area contributed by atoms with Gasteiger partial charge < -0.3 is 0 Å². The number of carbonyl (C=O) groups excluding carboxylic acids is 4. The second-order valence-corrected chi connectivity index (χ2v) is 9.02. The van der Waals surface area contributed by atoms with Gasteiger partial charge in [0.2, 0.25) is 0 Å². The molecular formula is C27H27F2IN2O4S2. The monoisotopic (exact) mass is 672 g/mol. The van der Waals surface area contributed by atoms with Crippen molar-refractivity contribution in [3.63, 3.8) is 0 Å². The molecule has 0 aliphatic carbocycles. The zero-order chi connectivity index (χ0) is 28.9. The Morgan fingerprint density at radius 3 is 1.53 bits per heavy atom. The highest BCUT2D eigenvalue weighted by atomic mass is 127. The number of hydrogen-bond acceptors (Lipinski definition) is 8. The molecule has 6 nitrogen and oxygen atoms in total. The number of benzene rings is 2. The van der Waals surface area contributed by atoms with Crippen molar-refractivity contribution in [2.24, 2.45) is 0 Å². The van der Waals surface area contributed by atoms with E-state index in [1.165, 1.54) is 24.3 Å². The van der Waals surface area contributed by atoms with Gasteiger partial charge >= 0.3 is 12.3 Å². The summed E-state index contributed by atoms with van der Waals surface area (Å²) in [5, 5.41) is 6.06. The van der Waals surface area contributed by atoms with E-state index in [-0.39, 0.29) is 23.9 Å². The maximum absolute atomic E-state index is 12.7. The van der Waals surface area contributed by atoms with Crippen molar-refractivity contribution < 1.29 is 28.0 Å². The average molecular weight is 673 g/mol. The zero-order valence-electron chi connectivity index (χ0n) is 21.2. The highest BCUT2D eigenvalue weighted by molar-refractivity contribution is 14.1. The maximum Gasteiger partial charge on any atom is 0.373 e. The Labute approximate surface area is 242 Å². The van der Waals surface area contributed by atoms with E-state index in [2.05, 4.69) is 64.1 Å². The first kappa shape index (κ1) is 35.0. The molecule has 4 rings (SSSR count). The first-order chi connectivity index (χ1) is 18.3. The van der Waals surface area contributed by atoms with Crippen LogP contribution in [0.1, 0.15) is 44.5 Å². The number of alkyl halides is 1. The molecule has 2 aromatic carbocycles. The minimum absolute atomic E-state index is 0.205. The topological polar surface area (TPSA) is 94.1 Å². The lowest BCUT2D eigenvalue weighted by Gasteiger charge is -1.98. The second kappa shape index (κ2) is 21.0. The molecule has 0 spiro atoms. The number of rotatable bonds is 5. The van der Waals surface area contributed by atoms with Crippen molar-refractivity contribution in [2.75, 3.05) is 4.93 Å². The molecular weight excluding hydrogens is 645 g/mol. The molecule has 0 bridgehead atoms. The Morgan fingerprint density at radius 1 is 0.763 bits per heavy atom. The van der Waals surface area contributed by atoms with Crippen molar-refractivity contribution in [3.05, 3.63) is 82.3 Å². The van der Waals surface area contributed by atoms with Gasteiger partial charge in [-0.05, 0) is 65.8 Å². The molecule has 0 saturated heterocycles. The van der Waals surface area contributed by atoms with Gasteiger partial charge in [0.25, 0.3) is 0 Å². The van der Waals surface area contributed by atoms with Crippen LogP contribution in [0.15, 0.2) is 59.3 Å². The van der Waals surface area contributed by atoms with Gasteiger partial charge in [-0.3, -0.25) is 0 Å². The molecule has 202 valence electrons. The molecule has 38 heavy (non-hydrogen) atoms. The summed E-state index contributed by atoms with van der Waals surface area (Å²) in [4.78, 5) is 43.5. The van der Waals surface area contributed by atoms with Gasteiger partial charge in [0.05, 0.1) is 11.4 Å². The lowest BCUT2D eigenvalue weighted by atomic mass is 10.1. The fourth-order valence-electron chi connectivity index (χ4n) is 2.68. The lowest BCUT2D eigenvalue weighted by Crippen LogP contribution is -1.86. The summed E-state index contributed by atoms with van der Waals surface area (Å²) >= 11 is 5.37. The van der Waals surface area contributed by atoms with Gasteiger partial charge in [-0.1, -0.05) is 49.8 Å². The number of aromatic nitrogens is 2. The highest BCUT2D eigenvalue weighted by Gasteiger charge is 2.07. The van der Waals surface area contributed by atoms with Gasteiger partial charge in [0.1, 0.15) is 21.6 Å². The van der Waals surface area contributed by atoms with E-state index in [9.17, 15) is 8.78 Å². The minimum atomic E-state index is -0.209. The Morgan fingerprint density at radius 2 is 1.16 bits per heavy atom. The van der Waals surface area contributed by atoms with Crippen molar-refractivity contribution >= 4 is 57.6 Å². The maximum atomic E-state index is 12.7. The van der Waals surface area contributed by atoms with Crippen molar-refractivity contribution in [1.82, 2.24) is 9.97 Å². The Bertz CT molecular complexity index is 1240. The molecule has 0 aliphatic heterocycles. The van der Waals surface area contributed by atoms with Gasteiger partial charge in [-0.2, -0.15) is 19.2 Å². The van der Waals surface area contributed by atoms with Crippen LogP contribution in [0.3, 0.4) is 0 Å². The van der Waals surface area contributed by atoms with E-state index in [1.807, 2.05) is 4.93 Å². The Balaban J connectivity index is 0.000000567. The summed E-state index contributed by atoms with van der Waals surface area (Å²) in [5.74, 6) is 0.0268. The molecule has 0 atom stereocenters. The van der Waals surface area contributed by atoms with Crippen molar-refractivity contribution in [1.29, 1.82) is 0 Å². The summed E-state index contributed by atoms with van der Waals surface area (Å²) in [6.45, 7) is 6.36. The van der Waals surface area contributed by atoms with Crippen LogP contribution >= 0.6 is 45.3 Å². The molecule has 0 fully saturated rings. The summed E-state index contributed by atoms with van der Waals surface area (Å²) in [6.07, 6.45) is 2.62. The first-order valence-corrected chi connectivity index (χ1v) is 15.0. The average Bonchev–Trinajstić information content (AvgIpc) is 3.59. The van der Waals surface area contributed by atoms with Gasteiger partial charge in [-0.25, -0.2) is 18.7 Å². The van der Waals surface area contributed by atoms with E-state index in [0.717, 1.165) is 45.4 Å². The van der Waals surface area contributed by atoms with Crippen LogP contribution < -0.4 is 0 Å².